The van der Waals surface area contributed by atoms with E-state index in [1.54, 1.807) is 20.8 Å². The Morgan fingerprint density at radius 3 is 2.15 bits per heavy atom. The summed E-state index contributed by atoms with van der Waals surface area (Å²) in [6.45, 7) is 5.60. The third-order valence-corrected chi connectivity index (χ3v) is 3.56. The van der Waals surface area contributed by atoms with E-state index < -0.39 is 16.9 Å². The van der Waals surface area contributed by atoms with E-state index in [4.69, 9.17) is 0 Å². The van der Waals surface area contributed by atoms with Crippen LogP contribution in [0.3, 0.4) is 0 Å². The summed E-state index contributed by atoms with van der Waals surface area (Å²) in [5.41, 5.74) is -1.60. The van der Waals surface area contributed by atoms with Crippen molar-refractivity contribution in [3.05, 3.63) is 0 Å². The Morgan fingerprint density at radius 2 is 1.70 bits per heavy atom. The number of carbonyl (C=O) groups is 3. The van der Waals surface area contributed by atoms with Gasteiger partial charge in [-0.05, 0) is 12.8 Å². The lowest BCUT2D eigenvalue weighted by atomic mass is 9.95. The molecule has 1 rings (SSSR count). The lowest BCUT2D eigenvalue weighted by Gasteiger charge is -2.25. The van der Waals surface area contributed by atoms with Crippen molar-refractivity contribution in [1.29, 1.82) is 0 Å². The maximum absolute atomic E-state index is 11.8. The number of amides is 2. The molecule has 0 saturated heterocycles. The van der Waals surface area contributed by atoms with E-state index in [2.05, 4.69) is 10.6 Å². The van der Waals surface area contributed by atoms with Gasteiger partial charge in [-0.3, -0.25) is 9.59 Å². The number of carboxylic acid groups (broad SMARTS) is 1. The minimum atomic E-state index is -1.11. The first-order valence-electron chi connectivity index (χ1n) is 7.00. The molecule has 114 valence electrons. The average molecular weight is 284 g/mol. The molecule has 0 aromatic heterocycles. The Kier molecular flexibility index (Phi) is 5.14. The molecule has 2 amide bonds. The quantitative estimate of drug-likeness (QED) is 0.703. The first kappa shape index (κ1) is 16.5. The maximum Gasteiger partial charge on any atom is 0.329 e. The molecular formula is C14H24N2O4. The van der Waals surface area contributed by atoms with E-state index in [9.17, 15) is 19.5 Å². The predicted molar refractivity (Wildman–Crippen MR) is 74.1 cm³/mol. The van der Waals surface area contributed by atoms with Crippen LogP contribution in [0.5, 0.6) is 0 Å². The second kappa shape index (κ2) is 6.24. The van der Waals surface area contributed by atoms with Crippen molar-refractivity contribution in [3.63, 3.8) is 0 Å². The molecule has 0 radical (unpaired) electrons. The highest BCUT2D eigenvalue weighted by atomic mass is 16.4. The van der Waals surface area contributed by atoms with E-state index in [1.807, 2.05) is 0 Å². The molecule has 1 aliphatic carbocycles. The molecule has 6 nitrogen and oxygen atoms in total. The summed E-state index contributed by atoms with van der Waals surface area (Å²) >= 11 is 0. The summed E-state index contributed by atoms with van der Waals surface area (Å²) < 4.78 is 0. The van der Waals surface area contributed by atoms with Crippen molar-refractivity contribution in [1.82, 2.24) is 10.6 Å². The van der Waals surface area contributed by atoms with Crippen molar-refractivity contribution < 1.29 is 19.5 Å². The van der Waals surface area contributed by atoms with Gasteiger partial charge < -0.3 is 15.7 Å². The van der Waals surface area contributed by atoms with Crippen molar-refractivity contribution >= 4 is 17.8 Å². The van der Waals surface area contributed by atoms with E-state index in [0.29, 0.717) is 12.8 Å². The topological polar surface area (TPSA) is 95.5 Å². The van der Waals surface area contributed by atoms with Gasteiger partial charge in [-0.25, -0.2) is 4.79 Å². The van der Waals surface area contributed by atoms with Gasteiger partial charge >= 0.3 is 5.97 Å². The minimum absolute atomic E-state index is 0.0941. The van der Waals surface area contributed by atoms with Crippen LogP contribution in [-0.2, 0) is 14.4 Å². The van der Waals surface area contributed by atoms with Crippen LogP contribution in [0.25, 0.3) is 0 Å². The van der Waals surface area contributed by atoms with Crippen LogP contribution in [0, 0.1) is 5.41 Å². The number of hydrogen-bond donors (Lipinski definition) is 3. The van der Waals surface area contributed by atoms with Crippen LogP contribution < -0.4 is 10.6 Å². The van der Waals surface area contributed by atoms with Gasteiger partial charge in [0.1, 0.15) is 5.54 Å². The van der Waals surface area contributed by atoms with Crippen LogP contribution in [0.4, 0.5) is 0 Å². The molecule has 1 aliphatic rings. The molecule has 1 saturated carbocycles. The number of nitrogens with one attached hydrogen (secondary N) is 2. The van der Waals surface area contributed by atoms with Crippen molar-refractivity contribution in [2.24, 2.45) is 5.41 Å². The fraction of sp³-hybridized carbons (Fsp3) is 0.786. The third-order valence-electron chi connectivity index (χ3n) is 3.56. The molecule has 0 aromatic rings. The second-order valence-corrected chi connectivity index (χ2v) is 6.40. The minimum Gasteiger partial charge on any atom is -0.480 e. The fourth-order valence-electron chi connectivity index (χ4n) is 2.25. The lowest BCUT2D eigenvalue weighted by molar-refractivity contribution is -0.147. The Hall–Kier alpha value is -1.59. The van der Waals surface area contributed by atoms with Crippen LogP contribution >= 0.6 is 0 Å². The van der Waals surface area contributed by atoms with Gasteiger partial charge in [0.15, 0.2) is 0 Å². The SMILES string of the molecule is CC(C)(C)C(=O)NCCC(=O)NC1(C(=O)O)CCCC1. The number of hydrogen-bond acceptors (Lipinski definition) is 3. The fourth-order valence-corrected chi connectivity index (χ4v) is 2.25. The van der Waals surface area contributed by atoms with Crippen molar-refractivity contribution in [2.75, 3.05) is 6.54 Å². The second-order valence-electron chi connectivity index (χ2n) is 6.40. The monoisotopic (exact) mass is 284 g/mol. The molecule has 0 aliphatic heterocycles. The smallest absolute Gasteiger partial charge is 0.329 e. The Bertz CT molecular complexity index is 392. The Balaban J connectivity index is 2.40. The van der Waals surface area contributed by atoms with Gasteiger partial charge in [-0.1, -0.05) is 33.6 Å². The van der Waals surface area contributed by atoms with Crippen molar-refractivity contribution in [2.45, 2.75) is 58.4 Å². The number of carboxylic acids is 1. The van der Waals surface area contributed by atoms with Crippen LogP contribution in [0.1, 0.15) is 52.9 Å². The molecule has 3 N–H and O–H groups in total. The summed E-state index contributed by atoms with van der Waals surface area (Å²) in [6.07, 6.45) is 2.67. The summed E-state index contributed by atoms with van der Waals surface area (Å²) in [6, 6.07) is 0. The Labute approximate surface area is 119 Å². The van der Waals surface area contributed by atoms with Crippen LogP contribution in [0.15, 0.2) is 0 Å². The molecule has 6 heteroatoms. The summed E-state index contributed by atoms with van der Waals surface area (Å²) in [5, 5.41) is 14.5. The number of aliphatic carboxylic acids is 1. The predicted octanol–water partition coefficient (Wildman–Crippen LogP) is 1.05. The third kappa shape index (κ3) is 4.21. The van der Waals surface area contributed by atoms with E-state index >= 15 is 0 Å². The molecule has 1 fully saturated rings. The van der Waals surface area contributed by atoms with Gasteiger partial charge in [0.25, 0.3) is 0 Å². The zero-order chi connectivity index (χ0) is 15.4. The zero-order valence-electron chi connectivity index (χ0n) is 12.4. The Morgan fingerprint density at radius 1 is 1.15 bits per heavy atom. The summed E-state index contributed by atoms with van der Waals surface area (Å²) in [4.78, 5) is 34.7. The normalized spacial score (nSPS) is 17.6. The largest absolute Gasteiger partial charge is 0.480 e. The van der Waals surface area contributed by atoms with Crippen LogP contribution in [-0.4, -0.2) is 35.0 Å². The molecule has 0 aromatic carbocycles. The van der Waals surface area contributed by atoms with E-state index in [0.717, 1.165) is 12.8 Å². The highest BCUT2D eigenvalue weighted by Crippen LogP contribution is 2.29. The average Bonchev–Trinajstić information content (AvgIpc) is 2.77. The van der Waals surface area contributed by atoms with Crippen molar-refractivity contribution in [3.8, 4) is 0 Å². The van der Waals surface area contributed by atoms with Gasteiger partial charge in [-0.15, -0.1) is 0 Å². The van der Waals surface area contributed by atoms with Gasteiger partial charge in [0.05, 0.1) is 0 Å². The highest BCUT2D eigenvalue weighted by Gasteiger charge is 2.42. The summed E-state index contributed by atoms with van der Waals surface area (Å²) in [7, 11) is 0. The van der Waals surface area contributed by atoms with Gasteiger partial charge in [0, 0.05) is 18.4 Å². The molecule has 20 heavy (non-hydrogen) atoms. The van der Waals surface area contributed by atoms with Gasteiger partial charge in [-0.2, -0.15) is 0 Å². The van der Waals surface area contributed by atoms with E-state index in [1.165, 1.54) is 0 Å². The summed E-state index contributed by atoms with van der Waals surface area (Å²) in [5.74, 6) is -1.43. The van der Waals surface area contributed by atoms with Crippen LogP contribution in [0.2, 0.25) is 0 Å². The molecule has 0 atom stereocenters. The standard InChI is InChI=1S/C14H24N2O4/c1-13(2,3)11(18)15-9-6-10(17)16-14(12(19)20)7-4-5-8-14/h4-9H2,1-3H3,(H,15,18)(H,16,17)(H,19,20). The maximum atomic E-state index is 11.8. The molecule has 0 unspecified atom stereocenters. The molecule has 0 spiro atoms. The van der Waals surface area contributed by atoms with Gasteiger partial charge in [0.2, 0.25) is 11.8 Å². The first-order valence-corrected chi connectivity index (χ1v) is 7.00. The highest BCUT2D eigenvalue weighted by molar-refractivity contribution is 5.87. The zero-order valence-corrected chi connectivity index (χ0v) is 12.4. The lowest BCUT2D eigenvalue weighted by Crippen LogP contribution is -2.53. The molecular weight excluding hydrogens is 260 g/mol. The molecule has 0 bridgehead atoms. The van der Waals surface area contributed by atoms with E-state index in [-0.39, 0.29) is 24.8 Å². The molecule has 0 heterocycles. The number of rotatable bonds is 5. The number of carbonyl (C=O) groups excluding carboxylic acids is 2. The first-order chi connectivity index (χ1) is 9.17.